The summed E-state index contributed by atoms with van der Waals surface area (Å²) in [5.74, 6) is 2.47. The highest BCUT2D eigenvalue weighted by Gasteiger charge is 2.37. The van der Waals surface area contributed by atoms with E-state index >= 15 is 0 Å². The van der Waals surface area contributed by atoms with E-state index in [9.17, 15) is 0 Å². The molecule has 4 nitrogen and oxygen atoms in total. The fourth-order valence-corrected chi connectivity index (χ4v) is 3.30. The highest BCUT2D eigenvalue weighted by Crippen LogP contribution is 2.32. The lowest BCUT2D eigenvalue weighted by Gasteiger charge is -2.40. The van der Waals surface area contributed by atoms with Crippen molar-refractivity contribution in [2.24, 2.45) is 5.41 Å². The number of ether oxygens (including phenoxy) is 4. The Morgan fingerprint density at radius 3 is 1.60 bits per heavy atom. The molecule has 0 spiro atoms. The highest BCUT2D eigenvalue weighted by molar-refractivity contribution is 5.64. The van der Waals surface area contributed by atoms with Gasteiger partial charge in [-0.25, -0.2) is 0 Å². The van der Waals surface area contributed by atoms with Crippen molar-refractivity contribution in [2.75, 3.05) is 26.6 Å². The Morgan fingerprint density at radius 1 is 0.700 bits per heavy atom. The van der Waals surface area contributed by atoms with Crippen LogP contribution >= 0.6 is 0 Å². The van der Waals surface area contributed by atoms with Crippen LogP contribution in [0.25, 0.3) is 11.1 Å². The van der Waals surface area contributed by atoms with E-state index in [-0.39, 0.29) is 12.2 Å². The number of aryl methyl sites for hydroxylation is 1. The average molecular weight is 405 g/mol. The fourth-order valence-electron chi connectivity index (χ4n) is 3.30. The molecule has 0 aliphatic carbocycles. The number of benzene rings is 3. The summed E-state index contributed by atoms with van der Waals surface area (Å²) in [4.78, 5) is 0. The van der Waals surface area contributed by atoms with Gasteiger partial charge in [-0.15, -0.1) is 0 Å². The predicted molar refractivity (Wildman–Crippen MR) is 118 cm³/mol. The standard InChI is InChI=1S/C26H28O4/c1-3-26(16-27-17-26)18-28-23-12-6-21(7-13-23)22-8-14-25(15-9-22)30-19-29-24-10-4-20(2)5-11-24/h4-15H,3,16-19H2,1-2H3. The first kappa shape index (κ1) is 20.3. The molecule has 1 aliphatic rings. The van der Waals surface area contributed by atoms with Gasteiger partial charge in [-0.2, -0.15) is 0 Å². The Kier molecular flexibility index (Phi) is 6.24. The minimum absolute atomic E-state index is 0.179. The molecule has 0 aromatic heterocycles. The summed E-state index contributed by atoms with van der Waals surface area (Å²) in [6.07, 6.45) is 1.08. The second-order valence-electron chi connectivity index (χ2n) is 7.90. The van der Waals surface area contributed by atoms with Crippen molar-refractivity contribution in [1.82, 2.24) is 0 Å². The molecule has 1 fully saturated rings. The zero-order valence-electron chi connectivity index (χ0n) is 17.6. The van der Waals surface area contributed by atoms with Crippen molar-refractivity contribution in [3.63, 3.8) is 0 Å². The molecule has 0 unspecified atom stereocenters. The highest BCUT2D eigenvalue weighted by atomic mass is 16.7. The van der Waals surface area contributed by atoms with Crippen LogP contribution in [0.1, 0.15) is 18.9 Å². The first-order valence-corrected chi connectivity index (χ1v) is 10.4. The Balaban J connectivity index is 1.28. The topological polar surface area (TPSA) is 36.9 Å². The van der Waals surface area contributed by atoms with Gasteiger partial charge < -0.3 is 18.9 Å². The van der Waals surface area contributed by atoms with E-state index in [1.165, 1.54) is 5.56 Å². The Hall–Kier alpha value is -2.98. The van der Waals surface area contributed by atoms with Gasteiger partial charge in [0.1, 0.15) is 17.2 Å². The number of rotatable bonds is 9. The minimum Gasteiger partial charge on any atom is -0.493 e. The molecule has 1 aliphatic heterocycles. The maximum Gasteiger partial charge on any atom is 0.230 e. The van der Waals surface area contributed by atoms with Gasteiger partial charge in [-0.05, 0) is 60.9 Å². The molecule has 3 aromatic carbocycles. The summed E-state index contributed by atoms with van der Waals surface area (Å²) in [5, 5.41) is 0. The molecule has 0 N–H and O–H groups in total. The van der Waals surface area contributed by atoms with Crippen LogP contribution in [-0.4, -0.2) is 26.6 Å². The van der Waals surface area contributed by atoms with Crippen molar-refractivity contribution in [1.29, 1.82) is 0 Å². The van der Waals surface area contributed by atoms with Crippen LogP contribution in [0.4, 0.5) is 0 Å². The lowest BCUT2D eigenvalue weighted by molar-refractivity contribution is -0.133. The maximum absolute atomic E-state index is 5.99. The first-order chi connectivity index (χ1) is 14.7. The summed E-state index contributed by atoms with van der Waals surface area (Å²) < 4.78 is 22.6. The smallest absolute Gasteiger partial charge is 0.230 e. The lowest BCUT2D eigenvalue weighted by Crippen LogP contribution is -2.46. The fraction of sp³-hybridized carbons (Fsp3) is 0.308. The van der Waals surface area contributed by atoms with Crippen molar-refractivity contribution in [2.45, 2.75) is 20.3 Å². The summed E-state index contributed by atoms with van der Waals surface area (Å²) in [6, 6.07) is 24.2. The van der Waals surface area contributed by atoms with E-state index in [4.69, 9.17) is 18.9 Å². The lowest BCUT2D eigenvalue weighted by atomic mass is 9.84. The van der Waals surface area contributed by atoms with Gasteiger partial charge in [-0.3, -0.25) is 0 Å². The van der Waals surface area contributed by atoms with Gasteiger partial charge in [0.05, 0.1) is 25.2 Å². The molecule has 0 amide bonds. The Labute approximate surface area is 178 Å². The minimum atomic E-state index is 0.179. The average Bonchev–Trinajstić information content (AvgIpc) is 2.76. The second kappa shape index (κ2) is 9.23. The van der Waals surface area contributed by atoms with Crippen molar-refractivity contribution >= 4 is 0 Å². The summed E-state index contributed by atoms with van der Waals surface area (Å²) in [5.41, 5.74) is 3.67. The maximum atomic E-state index is 5.99. The predicted octanol–water partition coefficient (Wildman–Crippen LogP) is 5.88. The van der Waals surface area contributed by atoms with Gasteiger partial charge in [0, 0.05) is 0 Å². The van der Waals surface area contributed by atoms with Gasteiger partial charge in [0.2, 0.25) is 6.79 Å². The molecule has 30 heavy (non-hydrogen) atoms. The van der Waals surface area contributed by atoms with E-state index in [0.29, 0.717) is 6.61 Å². The van der Waals surface area contributed by atoms with Gasteiger partial charge in [0.25, 0.3) is 0 Å². The van der Waals surface area contributed by atoms with E-state index in [0.717, 1.165) is 48.0 Å². The van der Waals surface area contributed by atoms with Crippen molar-refractivity contribution in [3.05, 3.63) is 78.4 Å². The van der Waals surface area contributed by atoms with Crippen LogP contribution in [-0.2, 0) is 4.74 Å². The second-order valence-corrected chi connectivity index (χ2v) is 7.90. The molecule has 0 radical (unpaired) electrons. The number of hydrogen-bond acceptors (Lipinski definition) is 4. The molecule has 0 atom stereocenters. The first-order valence-electron chi connectivity index (χ1n) is 10.4. The van der Waals surface area contributed by atoms with Crippen LogP contribution in [0.15, 0.2) is 72.8 Å². The monoisotopic (exact) mass is 404 g/mol. The van der Waals surface area contributed by atoms with E-state index in [2.05, 4.69) is 38.1 Å². The van der Waals surface area contributed by atoms with E-state index in [1.54, 1.807) is 0 Å². The Bertz CT molecular complexity index is 921. The van der Waals surface area contributed by atoms with Crippen LogP contribution in [0.3, 0.4) is 0 Å². The molecule has 0 bridgehead atoms. The van der Waals surface area contributed by atoms with Crippen molar-refractivity contribution < 1.29 is 18.9 Å². The largest absolute Gasteiger partial charge is 0.493 e. The molecule has 4 heteroatoms. The molecular formula is C26H28O4. The summed E-state index contributed by atoms with van der Waals surface area (Å²) in [7, 11) is 0. The molecule has 156 valence electrons. The zero-order valence-corrected chi connectivity index (χ0v) is 17.6. The molecule has 1 saturated heterocycles. The third-order valence-electron chi connectivity index (χ3n) is 5.63. The molecule has 4 rings (SSSR count). The zero-order chi connectivity index (χ0) is 20.8. The quantitative estimate of drug-likeness (QED) is 0.417. The van der Waals surface area contributed by atoms with Gasteiger partial charge >= 0.3 is 0 Å². The normalized spacial score (nSPS) is 14.6. The Morgan fingerprint density at radius 2 is 1.17 bits per heavy atom. The molecular weight excluding hydrogens is 376 g/mol. The number of hydrogen-bond donors (Lipinski definition) is 0. The third kappa shape index (κ3) is 4.95. The SMILES string of the molecule is CCC1(COc2ccc(-c3ccc(OCOc4ccc(C)cc4)cc3)cc2)COC1. The van der Waals surface area contributed by atoms with Gasteiger partial charge in [-0.1, -0.05) is 48.9 Å². The summed E-state index contributed by atoms with van der Waals surface area (Å²) >= 11 is 0. The molecule has 0 saturated carbocycles. The van der Waals surface area contributed by atoms with E-state index in [1.807, 2.05) is 48.5 Å². The van der Waals surface area contributed by atoms with Crippen LogP contribution in [0.5, 0.6) is 17.2 Å². The van der Waals surface area contributed by atoms with Crippen LogP contribution in [0.2, 0.25) is 0 Å². The van der Waals surface area contributed by atoms with Gasteiger partial charge in [0.15, 0.2) is 0 Å². The third-order valence-corrected chi connectivity index (χ3v) is 5.63. The van der Waals surface area contributed by atoms with Crippen LogP contribution < -0.4 is 14.2 Å². The summed E-state index contributed by atoms with van der Waals surface area (Å²) in [6.45, 7) is 6.72. The molecule has 3 aromatic rings. The van der Waals surface area contributed by atoms with Crippen molar-refractivity contribution in [3.8, 4) is 28.4 Å². The van der Waals surface area contributed by atoms with Crippen LogP contribution in [0, 0.1) is 12.3 Å². The molecule has 1 heterocycles. The van der Waals surface area contributed by atoms with E-state index < -0.39 is 0 Å².